The van der Waals surface area contributed by atoms with Crippen LogP contribution >= 0.6 is 11.3 Å². The van der Waals surface area contributed by atoms with Crippen LogP contribution in [0.15, 0.2) is 47.9 Å². The van der Waals surface area contributed by atoms with Crippen molar-refractivity contribution in [3.63, 3.8) is 0 Å². The number of nitrogens with zero attached hydrogens (tertiary/aromatic N) is 1. The van der Waals surface area contributed by atoms with Crippen LogP contribution in [0.2, 0.25) is 0 Å². The van der Waals surface area contributed by atoms with Crippen LogP contribution in [0, 0.1) is 0 Å². The van der Waals surface area contributed by atoms with Crippen LogP contribution in [0.5, 0.6) is 0 Å². The second-order valence-corrected chi connectivity index (χ2v) is 6.69. The van der Waals surface area contributed by atoms with E-state index in [9.17, 15) is 14.4 Å². The number of thiophene rings is 1. The Labute approximate surface area is 162 Å². The Bertz CT molecular complexity index is 798. The molecule has 0 bridgehead atoms. The normalized spacial score (nSPS) is 10.6. The molecule has 7 heteroatoms. The van der Waals surface area contributed by atoms with Gasteiger partial charge in [-0.1, -0.05) is 18.2 Å². The van der Waals surface area contributed by atoms with Crippen molar-refractivity contribution in [3.8, 4) is 0 Å². The molecule has 0 aliphatic carbocycles. The first-order valence-electron chi connectivity index (χ1n) is 8.48. The van der Waals surface area contributed by atoms with Gasteiger partial charge in [-0.3, -0.25) is 9.59 Å². The monoisotopic (exact) mass is 386 g/mol. The van der Waals surface area contributed by atoms with Crippen molar-refractivity contribution in [2.45, 2.75) is 13.5 Å². The number of rotatable bonds is 8. The molecule has 1 aromatic carbocycles. The molecular weight excluding hydrogens is 364 g/mol. The van der Waals surface area contributed by atoms with Gasteiger partial charge in [0.25, 0.3) is 0 Å². The third-order valence-electron chi connectivity index (χ3n) is 3.82. The Morgan fingerprint density at radius 1 is 1.19 bits per heavy atom. The number of carbonyl (C=O) groups is 3. The topological polar surface area (TPSA) is 75.7 Å². The average Bonchev–Trinajstić information content (AvgIpc) is 3.22. The molecule has 0 saturated carbocycles. The molecule has 0 fully saturated rings. The molecule has 142 valence electrons. The van der Waals surface area contributed by atoms with E-state index in [1.807, 2.05) is 24.4 Å². The van der Waals surface area contributed by atoms with E-state index in [1.165, 1.54) is 18.1 Å². The van der Waals surface area contributed by atoms with Gasteiger partial charge in [0.05, 0.1) is 25.8 Å². The van der Waals surface area contributed by atoms with Crippen molar-refractivity contribution in [2.24, 2.45) is 0 Å². The van der Waals surface area contributed by atoms with Crippen molar-refractivity contribution in [1.29, 1.82) is 0 Å². The quantitative estimate of drug-likeness (QED) is 0.559. The zero-order valence-corrected chi connectivity index (χ0v) is 16.1. The maximum Gasteiger partial charge on any atom is 0.337 e. The highest BCUT2D eigenvalue weighted by Crippen LogP contribution is 2.09. The largest absolute Gasteiger partial charge is 0.465 e. The molecule has 27 heavy (non-hydrogen) atoms. The highest BCUT2D eigenvalue weighted by atomic mass is 32.1. The van der Waals surface area contributed by atoms with Crippen molar-refractivity contribution in [2.75, 3.05) is 20.2 Å². The van der Waals surface area contributed by atoms with Crippen LogP contribution in [-0.2, 0) is 20.9 Å². The van der Waals surface area contributed by atoms with E-state index < -0.39 is 5.97 Å². The van der Waals surface area contributed by atoms with Crippen LogP contribution in [0.4, 0.5) is 0 Å². The number of hydrogen-bond donors (Lipinski definition) is 1. The third kappa shape index (κ3) is 6.38. The Kier molecular flexibility index (Phi) is 7.76. The van der Waals surface area contributed by atoms with Gasteiger partial charge >= 0.3 is 5.97 Å². The van der Waals surface area contributed by atoms with Crippen molar-refractivity contribution in [3.05, 3.63) is 63.9 Å². The van der Waals surface area contributed by atoms with Gasteiger partial charge < -0.3 is 15.0 Å². The van der Waals surface area contributed by atoms with Gasteiger partial charge in [0, 0.05) is 17.5 Å². The van der Waals surface area contributed by atoms with E-state index in [-0.39, 0.29) is 18.4 Å². The van der Waals surface area contributed by atoms with E-state index in [0.29, 0.717) is 18.7 Å². The smallest absolute Gasteiger partial charge is 0.337 e. The van der Waals surface area contributed by atoms with Crippen LogP contribution < -0.4 is 5.32 Å². The van der Waals surface area contributed by atoms with E-state index in [1.54, 1.807) is 41.7 Å². The lowest BCUT2D eigenvalue weighted by atomic mass is 10.1. The van der Waals surface area contributed by atoms with E-state index >= 15 is 0 Å². The summed E-state index contributed by atoms with van der Waals surface area (Å²) >= 11 is 1.57. The molecule has 1 heterocycles. The third-order valence-corrected chi connectivity index (χ3v) is 4.69. The molecule has 0 aliphatic rings. The summed E-state index contributed by atoms with van der Waals surface area (Å²) in [7, 11) is 1.32. The molecule has 1 aromatic heterocycles. The minimum absolute atomic E-state index is 0.00628. The molecule has 0 spiro atoms. The van der Waals surface area contributed by atoms with Gasteiger partial charge in [0.15, 0.2) is 0 Å². The second kappa shape index (κ2) is 10.3. The van der Waals surface area contributed by atoms with Gasteiger partial charge in [-0.2, -0.15) is 0 Å². The lowest BCUT2D eigenvalue weighted by Gasteiger charge is -2.18. The minimum atomic E-state index is -0.410. The van der Waals surface area contributed by atoms with E-state index in [4.69, 9.17) is 0 Å². The van der Waals surface area contributed by atoms with Gasteiger partial charge in [0.2, 0.25) is 11.8 Å². The van der Waals surface area contributed by atoms with Crippen LogP contribution in [0.1, 0.15) is 27.7 Å². The summed E-state index contributed by atoms with van der Waals surface area (Å²) in [5.74, 6) is -0.859. The number of nitrogens with one attached hydrogen (secondary N) is 1. The standard InChI is InChI=1S/C20H22N2O4S/c1-3-22(14-18(23)21-13-17-5-4-12-27-17)19(24)11-8-15-6-9-16(10-7-15)20(25)26-2/h4-12H,3,13-14H2,1-2H3,(H,21,23)/b11-8+. The molecule has 2 rings (SSSR count). The number of amides is 2. The second-order valence-electron chi connectivity index (χ2n) is 5.66. The summed E-state index contributed by atoms with van der Waals surface area (Å²) in [6.45, 7) is 2.72. The lowest BCUT2D eigenvalue weighted by Crippen LogP contribution is -2.39. The summed E-state index contributed by atoms with van der Waals surface area (Å²) in [5.41, 5.74) is 1.22. The SMILES string of the molecule is CCN(CC(=O)NCc1cccs1)C(=O)/C=C/c1ccc(C(=O)OC)cc1. The zero-order chi connectivity index (χ0) is 19.6. The molecule has 2 aromatic rings. The Balaban J connectivity index is 1.88. The first-order valence-corrected chi connectivity index (χ1v) is 9.36. The van der Waals surface area contributed by atoms with Crippen molar-refractivity contribution >= 4 is 35.2 Å². The first kappa shape index (κ1) is 20.4. The Morgan fingerprint density at radius 2 is 1.93 bits per heavy atom. The maximum absolute atomic E-state index is 12.3. The van der Waals surface area contributed by atoms with Gasteiger partial charge in [0.1, 0.15) is 0 Å². The fourth-order valence-corrected chi connectivity index (χ4v) is 2.94. The number of hydrogen-bond acceptors (Lipinski definition) is 5. The maximum atomic E-state index is 12.3. The first-order chi connectivity index (χ1) is 13.0. The van der Waals surface area contributed by atoms with E-state index in [2.05, 4.69) is 10.1 Å². The summed E-state index contributed by atoms with van der Waals surface area (Å²) in [6, 6.07) is 10.6. The molecular formula is C20H22N2O4S. The Hall–Kier alpha value is -2.93. The van der Waals surface area contributed by atoms with Gasteiger partial charge in [-0.05, 0) is 42.1 Å². The molecule has 1 N–H and O–H groups in total. The van der Waals surface area contributed by atoms with Gasteiger partial charge in [-0.15, -0.1) is 11.3 Å². The average molecular weight is 386 g/mol. The molecule has 0 radical (unpaired) electrons. The number of ether oxygens (including phenoxy) is 1. The molecule has 0 aliphatic heterocycles. The molecule has 2 amide bonds. The van der Waals surface area contributed by atoms with Crippen LogP contribution in [-0.4, -0.2) is 42.9 Å². The summed E-state index contributed by atoms with van der Waals surface area (Å²) in [6.07, 6.45) is 3.07. The number of carbonyl (C=O) groups excluding carboxylic acids is 3. The predicted octanol–water partition coefficient (Wildman–Crippen LogP) is 2.71. The fraction of sp³-hybridized carbons (Fsp3) is 0.250. The van der Waals surface area contributed by atoms with Crippen LogP contribution in [0.3, 0.4) is 0 Å². The predicted molar refractivity (Wildman–Crippen MR) is 105 cm³/mol. The zero-order valence-electron chi connectivity index (χ0n) is 15.3. The van der Waals surface area contributed by atoms with Gasteiger partial charge in [-0.25, -0.2) is 4.79 Å². The summed E-state index contributed by atoms with van der Waals surface area (Å²) < 4.78 is 4.65. The lowest BCUT2D eigenvalue weighted by molar-refractivity contribution is -0.132. The Morgan fingerprint density at radius 3 is 2.52 bits per heavy atom. The molecule has 0 saturated heterocycles. The van der Waals surface area contributed by atoms with Crippen molar-refractivity contribution in [1.82, 2.24) is 10.2 Å². The number of benzene rings is 1. The summed E-state index contributed by atoms with van der Waals surface area (Å²) in [4.78, 5) is 38.3. The fourth-order valence-electron chi connectivity index (χ4n) is 2.29. The number of likely N-dealkylation sites (N-methyl/N-ethyl adjacent to an activating group) is 1. The molecule has 0 atom stereocenters. The number of esters is 1. The summed E-state index contributed by atoms with van der Waals surface area (Å²) in [5, 5.41) is 4.76. The number of methoxy groups -OCH3 is 1. The minimum Gasteiger partial charge on any atom is -0.465 e. The van der Waals surface area contributed by atoms with Crippen molar-refractivity contribution < 1.29 is 19.1 Å². The molecule has 6 nitrogen and oxygen atoms in total. The highest BCUT2D eigenvalue weighted by Gasteiger charge is 2.13. The highest BCUT2D eigenvalue weighted by molar-refractivity contribution is 7.09. The van der Waals surface area contributed by atoms with Crippen LogP contribution in [0.25, 0.3) is 6.08 Å². The van der Waals surface area contributed by atoms with E-state index in [0.717, 1.165) is 10.4 Å². The molecule has 0 unspecified atom stereocenters.